The Morgan fingerprint density at radius 3 is 2.81 bits per heavy atom. The van der Waals surface area contributed by atoms with Gasteiger partial charge in [0.05, 0.1) is 7.11 Å². The van der Waals surface area contributed by atoms with Crippen LogP contribution in [0.1, 0.15) is 28.9 Å². The molecule has 0 radical (unpaired) electrons. The molecule has 5 nitrogen and oxygen atoms in total. The van der Waals surface area contributed by atoms with Gasteiger partial charge in [0.2, 0.25) is 0 Å². The van der Waals surface area contributed by atoms with E-state index < -0.39 is 0 Å². The van der Waals surface area contributed by atoms with E-state index >= 15 is 0 Å². The molecule has 27 heavy (non-hydrogen) atoms. The first-order chi connectivity index (χ1) is 13.2. The first-order valence-corrected chi connectivity index (χ1v) is 9.72. The van der Waals surface area contributed by atoms with Crippen molar-refractivity contribution >= 4 is 17.2 Å². The molecule has 0 spiro atoms. The number of benzene rings is 2. The Morgan fingerprint density at radius 1 is 1.19 bits per heavy atom. The molecule has 0 saturated heterocycles. The molecule has 1 saturated carbocycles. The molecule has 6 heteroatoms. The Balaban J connectivity index is 1.44. The molecule has 0 bridgehead atoms. The van der Waals surface area contributed by atoms with Crippen LogP contribution in [-0.2, 0) is 6.61 Å². The van der Waals surface area contributed by atoms with Crippen molar-refractivity contribution in [1.29, 1.82) is 0 Å². The third kappa shape index (κ3) is 4.46. The van der Waals surface area contributed by atoms with Crippen LogP contribution in [0.2, 0.25) is 0 Å². The number of nitrogens with zero attached hydrogens (tertiary/aromatic N) is 1. The van der Waals surface area contributed by atoms with E-state index in [1.165, 1.54) is 11.3 Å². The zero-order valence-electron chi connectivity index (χ0n) is 15.0. The maximum atomic E-state index is 12.1. The van der Waals surface area contributed by atoms with Crippen LogP contribution >= 0.6 is 11.3 Å². The number of thiazole rings is 1. The normalized spacial score (nSPS) is 13.2. The Kier molecular flexibility index (Phi) is 5.07. The van der Waals surface area contributed by atoms with Crippen LogP contribution in [0.4, 0.5) is 0 Å². The lowest BCUT2D eigenvalue weighted by Gasteiger charge is -2.08. The zero-order valence-corrected chi connectivity index (χ0v) is 15.8. The highest BCUT2D eigenvalue weighted by atomic mass is 32.1. The van der Waals surface area contributed by atoms with Gasteiger partial charge in [-0.1, -0.05) is 24.3 Å². The van der Waals surface area contributed by atoms with E-state index in [2.05, 4.69) is 10.3 Å². The number of aromatic nitrogens is 1. The fourth-order valence-corrected chi connectivity index (χ4v) is 3.44. The number of carbonyl (C=O) groups is 1. The van der Waals surface area contributed by atoms with E-state index in [-0.39, 0.29) is 5.91 Å². The van der Waals surface area contributed by atoms with Crippen molar-refractivity contribution in [3.8, 4) is 22.1 Å². The van der Waals surface area contributed by atoms with Crippen LogP contribution in [-0.4, -0.2) is 24.0 Å². The maximum Gasteiger partial charge on any atom is 0.270 e. The number of hydrogen-bond acceptors (Lipinski definition) is 5. The standard InChI is InChI=1S/C21H20N2O3S/c1-25-17-6-2-4-14(10-17)12-26-18-7-3-5-15(11-18)21-23-19(13-27-21)20(24)22-16-8-9-16/h2-7,10-11,13,16H,8-9,12H2,1H3,(H,22,24). The van der Waals surface area contributed by atoms with Gasteiger partial charge in [-0.05, 0) is 42.7 Å². The van der Waals surface area contributed by atoms with E-state index in [9.17, 15) is 4.79 Å². The molecule has 4 rings (SSSR count). The molecule has 0 unspecified atom stereocenters. The minimum atomic E-state index is -0.0922. The van der Waals surface area contributed by atoms with Gasteiger partial charge in [-0.2, -0.15) is 0 Å². The second-order valence-electron chi connectivity index (χ2n) is 6.45. The van der Waals surface area contributed by atoms with Gasteiger partial charge in [0.15, 0.2) is 0 Å². The summed E-state index contributed by atoms with van der Waals surface area (Å²) in [5.41, 5.74) is 2.45. The first kappa shape index (κ1) is 17.5. The second kappa shape index (κ2) is 7.80. The average molecular weight is 380 g/mol. The quantitative estimate of drug-likeness (QED) is 0.664. The summed E-state index contributed by atoms with van der Waals surface area (Å²) in [5.74, 6) is 1.48. The Morgan fingerprint density at radius 2 is 2.00 bits per heavy atom. The van der Waals surface area contributed by atoms with Gasteiger partial charge >= 0.3 is 0 Å². The average Bonchev–Trinajstić information content (AvgIpc) is 3.38. The molecule has 3 aromatic rings. The van der Waals surface area contributed by atoms with Crippen LogP contribution < -0.4 is 14.8 Å². The summed E-state index contributed by atoms with van der Waals surface area (Å²) in [5, 5.41) is 5.57. The van der Waals surface area contributed by atoms with Gasteiger partial charge < -0.3 is 14.8 Å². The fraction of sp³-hybridized carbons (Fsp3) is 0.238. The molecular weight excluding hydrogens is 360 g/mol. The fourth-order valence-electron chi connectivity index (χ4n) is 2.65. The summed E-state index contributed by atoms with van der Waals surface area (Å²) in [6.45, 7) is 0.452. The molecule has 0 aliphatic heterocycles. The number of carbonyl (C=O) groups excluding carboxylic acids is 1. The number of rotatable bonds is 7. The minimum absolute atomic E-state index is 0.0922. The topological polar surface area (TPSA) is 60.5 Å². The molecule has 1 aliphatic rings. The number of amides is 1. The van der Waals surface area contributed by atoms with E-state index in [1.54, 1.807) is 12.5 Å². The van der Waals surface area contributed by atoms with Crippen LogP contribution in [0.15, 0.2) is 53.9 Å². The van der Waals surface area contributed by atoms with Crippen molar-refractivity contribution in [3.05, 3.63) is 65.2 Å². The SMILES string of the molecule is COc1cccc(COc2cccc(-c3nc(C(=O)NC4CC4)cs3)c2)c1. The van der Waals surface area contributed by atoms with E-state index in [0.29, 0.717) is 18.3 Å². The van der Waals surface area contributed by atoms with Gasteiger partial charge in [-0.25, -0.2) is 4.98 Å². The highest BCUT2D eigenvalue weighted by Crippen LogP contribution is 2.28. The van der Waals surface area contributed by atoms with Gasteiger partial charge in [0.25, 0.3) is 5.91 Å². The van der Waals surface area contributed by atoms with E-state index in [1.807, 2.05) is 48.5 Å². The van der Waals surface area contributed by atoms with Gasteiger partial charge in [-0.15, -0.1) is 11.3 Å². The summed E-state index contributed by atoms with van der Waals surface area (Å²) in [6, 6.07) is 15.9. The number of methoxy groups -OCH3 is 1. The predicted octanol–water partition coefficient (Wildman–Crippen LogP) is 4.29. The van der Waals surface area contributed by atoms with Crippen LogP contribution in [0.5, 0.6) is 11.5 Å². The van der Waals surface area contributed by atoms with Crippen LogP contribution in [0, 0.1) is 0 Å². The molecule has 1 heterocycles. The summed E-state index contributed by atoms with van der Waals surface area (Å²) in [7, 11) is 1.65. The minimum Gasteiger partial charge on any atom is -0.497 e. The Bertz CT molecular complexity index is 950. The highest BCUT2D eigenvalue weighted by Gasteiger charge is 2.24. The summed E-state index contributed by atoms with van der Waals surface area (Å²) in [4.78, 5) is 16.6. The zero-order chi connectivity index (χ0) is 18.6. The van der Waals surface area contributed by atoms with Gasteiger partial charge in [0, 0.05) is 17.0 Å². The number of ether oxygens (including phenoxy) is 2. The Hall–Kier alpha value is -2.86. The van der Waals surface area contributed by atoms with Crippen LogP contribution in [0.3, 0.4) is 0 Å². The molecule has 1 aromatic heterocycles. The van der Waals surface area contributed by atoms with E-state index in [4.69, 9.17) is 9.47 Å². The maximum absolute atomic E-state index is 12.1. The second-order valence-corrected chi connectivity index (χ2v) is 7.31. The predicted molar refractivity (Wildman–Crippen MR) is 105 cm³/mol. The molecule has 138 valence electrons. The molecule has 2 aromatic carbocycles. The highest BCUT2D eigenvalue weighted by molar-refractivity contribution is 7.13. The van der Waals surface area contributed by atoms with Crippen molar-refractivity contribution in [2.24, 2.45) is 0 Å². The van der Waals surface area contributed by atoms with E-state index in [0.717, 1.165) is 40.5 Å². The lowest BCUT2D eigenvalue weighted by molar-refractivity contribution is 0.0947. The summed E-state index contributed by atoms with van der Waals surface area (Å²) in [6.07, 6.45) is 2.13. The molecule has 1 N–H and O–H groups in total. The third-order valence-corrected chi connectivity index (χ3v) is 5.16. The first-order valence-electron chi connectivity index (χ1n) is 8.84. The smallest absolute Gasteiger partial charge is 0.270 e. The molecule has 1 fully saturated rings. The van der Waals surface area contributed by atoms with Crippen molar-refractivity contribution in [2.45, 2.75) is 25.5 Å². The summed E-state index contributed by atoms with van der Waals surface area (Å²) < 4.78 is 11.1. The molecule has 1 amide bonds. The van der Waals surface area contributed by atoms with Gasteiger partial charge in [0.1, 0.15) is 28.8 Å². The summed E-state index contributed by atoms with van der Waals surface area (Å²) >= 11 is 1.46. The number of hydrogen-bond donors (Lipinski definition) is 1. The monoisotopic (exact) mass is 380 g/mol. The Labute approximate surface area is 162 Å². The molecule has 0 atom stereocenters. The lowest BCUT2D eigenvalue weighted by atomic mass is 10.2. The van der Waals surface area contributed by atoms with Crippen molar-refractivity contribution in [2.75, 3.05) is 7.11 Å². The molecular formula is C21H20N2O3S. The van der Waals surface area contributed by atoms with Gasteiger partial charge in [-0.3, -0.25) is 4.79 Å². The van der Waals surface area contributed by atoms with Crippen molar-refractivity contribution < 1.29 is 14.3 Å². The lowest BCUT2D eigenvalue weighted by Crippen LogP contribution is -2.25. The molecule has 1 aliphatic carbocycles. The number of nitrogens with one attached hydrogen (secondary N) is 1. The van der Waals surface area contributed by atoms with Crippen molar-refractivity contribution in [1.82, 2.24) is 10.3 Å². The largest absolute Gasteiger partial charge is 0.497 e. The van der Waals surface area contributed by atoms with Crippen LogP contribution in [0.25, 0.3) is 10.6 Å². The van der Waals surface area contributed by atoms with Crippen molar-refractivity contribution in [3.63, 3.8) is 0 Å². The third-order valence-electron chi connectivity index (χ3n) is 4.27.